The number of allylic oxidation sites excluding steroid dienone is 2. The van der Waals surface area contributed by atoms with Gasteiger partial charge in [-0.15, -0.1) is 0 Å². The third-order valence-electron chi connectivity index (χ3n) is 0.763. The van der Waals surface area contributed by atoms with Gasteiger partial charge in [-0.05, 0) is 13.3 Å². The normalized spacial score (nSPS) is 12.1. The van der Waals surface area contributed by atoms with Crippen molar-refractivity contribution in [1.82, 2.24) is 0 Å². The first-order valence-electron chi connectivity index (χ1n) is 2.52. The molecule has 0 spiro atoms. The molecule has 0 saturated heterocycles. The van der Waals surface area contributed by atoms with Gasteiger partial charge in [0.15, 0.2) is 0 Å². The summed E-state index contributed by atoms with van der Waals surface area (Å²) in [5.41, 5.74) is 1.49. The molecule has 0 amide bonds. The molecule has 0 aliphatic carbocycles. The molecule has 0 saturated carbocycles. The van der Waals surface area contributed by atoms with E-state index in [0.29, 0.717) is 0 Å². The van der Waals surface area contributed by atoms with E-state index >= 15 is 0 Å². The summed E-state index contributed by atoms with van der Waals surface area (Å²) >= 11 is 2.37. The average Bonchev–Trinajstić information content (AvgIpc) is 1.68. The van der Waals surface area contributed by atoms with Crippen molar-refractivity contribution in [3.63, 3.8) is 0 Å². The molecule has 0 heterocycles. The van der Waals surface area contributed by atoms with E-state index in [0.717, 1.165) is 0 Å². The fourth-order valence-electron chi connectivity index (χ4n) is 0.403. The van der Waals surface area contributed by atoms with E-state index in [1.54, 1.807) is 0 Å². The first-order valence-corrected chi connectivity index (χ1v) is 4.05. The smallest absolute Gasteiger partial charge is 0.0203 e. The van der Waals surface area contributed by atoms with Crippen molar-refractivity contribution < 1.29 is 0 Å². The Kier molecular flexibility index (Phi) is 4.94. The summed E-state index contributed by atoms with van der Waals surface area (Å²) in [5, 5.41) is 0. The predicted octanol–water partition coefficient (Wildman–Crippen LogP) is 2.78. The summed E-state index contributed by atoms with van der Waals surface area (Å²) in [6.07, 6.45) is 3.43. The van der Waals surface area contributed by atoms with Crippen molar-refractivity contribution in [2.75, 3.05) is 4.43 Å². The predicted molar refractivity (Wildman–Crippen MR) is 42.9 cm³/mol. The Labute approximate surface area is 59.1 Å². The van der Waals surface area contributed by atoms with Crippen molar-refractivity contribution in [3.05, 3.63) is 11.6 Å². The standard InChI is InChI=1S/C6H11I/c1-3-4-6(2)5-7/h4H,3,5H2,1-2H3. The lowest BCUT2D eigenvalue weighted by Crippen LogP contribution is -1.72. The minimum Gasteiger partial charge on any atom is -0.0851 e. The van der Waals surface area contributed by atoms with Gasteiger partial charge in [-0.25, -0.2) is 0 Å². The third kappa shape index (κ3) is 4.32. The molecule has 0 aromatic rings. The van der Waals surface area contributed by atoms with Crippen molar-refractivity contribution in [2.45, 2.75) is 20.3 Å². The maximum absolute atomic E-state index is 2.37. The van der Waals surface area contributed by atoms with Gasteiger partial charge in [-0.2, -0.15) is 0 Å². The fraction of sp³-hybridized carbons (Fsp3) is 0.667. The van der Waals surface area contributed by atoms with Crippen LogP contribution < -0.4 is 0 Å². The average molecular weight is 210 g/mol. The van der Waals surface area contributed by atoms with Crippen LogP contribution in [0.3, 0.4) is 0 Å². The Balaban J connectivity index is 3.29. The lowest BCUT2D eigenvalue weighted by molar-refractivity contribution is 1.18. The van der Waals surface area contributed by atoms with Gasteiger partial charge in [0, 0.05) is 4.43 Å². The Morgan fingerprint density at radius 2 is 2.29 bits per heavy atom. The summed E-state index contributed by atoms with van der Waals surface area (Å²) in [4.78, 5) is 0. The van der Waals surface area contributed by atoms with Gasteiger partial charge in [0.05, 0.1) is 0 Å². The minimum absolute atomic E-state index is 1.17. The van der Waals surface area contributed by atoms with Crippen LogP contribution in [-0.4, -0.2) is 4.43 Å². The third-order valence-corrected chi connectivity index (χ3v) is 1.97. The van der Waals surface area contributed by atoms with Crippen LogP contribution in [0.15, 0.2) is 11.6 Å². The van der Waals surface area contributed by atoms with Gasteiger partial charge in [0.1, 0.15) is 0 Å². The van der Waals surface area contributed by atoms with Gasteiger partial charge in [0.2, 0.25) is 0 Å². The molecule has 0 unspecified atom stereocenters. The molecule has 0 aromatic heterocycles. The Bertz CT molecular complexity index is 64.6. The molecule has 7 heavy (non-hydrogen) atoms. The van der Waals surface area contributed by atoms with E-state index < -0.39 is 0 Å². The minimum atomic E-state index is 1.17. The van der Waals surface area contributed by atoms with Crippen LogP contribution in [0, 0.1) is 0 Å². The maximum atomic E-state index is 2.37. The van der Waals surface area contributed by atoms with Crippen LogP contribution in [0.4, 0.5) is 0 Å². The summed E-state index contributed by atoms with van der Waals surface area (Å²) in [5.74, 6) is 0. The Hall–Kier alpha value is 0.470. The first kappa shape index (κ1) is 7.47. The van der Waals surface area contributed by atoms with Crippen molar-refractivity contribution in [1.29, 1.82) is 0 Å². The molecule has 0 N–H and O–H groups in total. The Morgan fingerprint density at radius 1 is 1.71 bits per heavy atom. The van der Waals surface area contributed by atoms with E-state index in [2.05, 4.69) is 42.5 Å². The largest absolute Gasteiger partial charge is 0.0851 e. The first-order chi connectivity index (χ1) is 3.31. The van der Waals surface area contributed by atoms with Gasteiger partial charge in [-0.1, -0.05) is 41.2 Å². The van der Waals surface area contributed by atoms with Crippen molar-refractivity contribution >= 4 is 22.6 Å². The van der Waals surface area contributed by atoms with Crippen LogP contribution >= 0.6 is 22.6 Å². The highest BCUT2D eigenvalue weighted by Crippen LogP contribution is 1.98. The zero-order valence-electron chi connectivity index (χ0n) is 4.87. The van der Waals surface area contributed by atoms with Crippen LogP contribution in [0.25, 0.3) is 0 Å². The number of halogens is 1. The van der Waals surface area contributed by atoms with Gasteiger partial charge < -0.3 is 0 Å². The molecule has 0 nitrogen and oxygen atoms in total. The maximum Gasteiger partial charge on any atom is 0.0203 e. The molecule has 0 aliphatic heterocycles. The quantitative estimate of drug-likeness (QED) is 0.373. The molecule has 42 valence electrons. The molecule has 0 fully saturated rings. The molecule has 0 radical (unpaired) electrons. The number of hydrogen-bond donors (Lipinski definition) is 0. The summed E-state index contributed by atoms with van der Waals surface area (Å²) in [6.45, 7) is 4.33. The highest BCUT2D eigenvalue weighted by atomic mass is 127. The molecule has 0 rings (SSSR count). The molecular weight excluding hydrogens is 199 g/mol. The number of alkyl halides is 1. The van der Waals surface area contributed by atoms with E-state index in [9.17, 15) is 0 Å². The van der Waals surface area contributed by atoms with Crippen molar-refractivity contribution in [2.24, 2.45) is 0 Å². The van der Waals surface area contributed by atoms with E-state index in [1.807, 2.05) is 0 Å². The summed E-state index contributed by atoms with van der Waals surface area (Å²) in [7, 11) is 0. The van der Waals surface area contributed by atoms with Crippen LogP contribution in [0.5, 0.6) is 0 Å². The molecular formula is C6H11I. The number of rotatable bonds is 2. The monoisotopic (exact) mass is 210 g/mol. The summed E-state index contributed by atoms with van der Waals surface area (Å²) in [6, 6.07) is 0. The second-order valence-corrected chi connectivity index (χ2v) is 2.36. The highest BCUT2D eigenvalue weighted by molar-refractivity contribution is 14.1. The molecule has 1 heteroatoms. The van der Waals surface area contributed by atoms with Crippen LogP contribution in [0.2, 0.25) is 0 Å². The van der Waals surface area contributed by atoms with E-state index in [4.69, 9.17) is 0 Å². The lowest BCUT2D eigenvalue weighted by Gasteiger charge is -1.87. The van der Waals surface area contributed by atoms with Gasteiger partial charge >= 0.3 is 0 Å². The fourth-order valence-corrected chi connectivity index (χ4v) is 0.714. The molecule has 0 aliphatic rings. The van der Waals surface area contributed by atoms with Gasteiger partial charge in [0.25, 0.3) is 0 Å². The molecule has 0 atom stereocenters. The van der Waals surface area contributed by atoms with Crippen LogP contribution in [0.1, 0.15) is 20.3 Å². The van der Waals surface area contributed by atoms with Crippen molar-refractivity contribution in [3.8, 4) is 0 Å². The van der Waals surface area contributed by atoms with Gasteiger partial charge in [-0.3, -0.25) is 0 Å². The summed E-state index contributed by atoms with van der Waals surface area (Å²) < 4.78 is 1.17. The zero-order chi connectivity index (χ0) is 5.70. The highest BCUT2D eigenvalue weighted by Gasteiger charge is 1.78. The SMILES string of the molecule is CCC=C(C)CI. The number of hydrogen-bond acceptors (Lipinski definition) is 0. The van der Waals surface area contributed by atoms with E-state index in [-0.39, 0.29) is 0 Å². The second-order valence-electron chi connectivity index (χ2n) is 1.59. The lowest BCUT2D eigenvalue weighted by atomic mass is 10.3. The molecule has 0 aromatic carbocycles. The van der Waals surface area contributed by atoms with E-state index in [1.165, 1.54) is 16.4 Å². The molecule has 0 bridgehead atoms. The Morgan fingerprint density at radius 3 is 2.43 bits per heavy atom. The van der Waals surface area contributed by atoms with Crippen LogP contribution in [-0.2, 0) is 0 Å². The zero-order valence-corrected chi connectivity index (χ0v) is 7.03. The topological polar surface area (TPSA) is 0 Å². The second kappa shape index (κ2) is 4.62.